The Kier molecular flexibility index (Phi) is 6.64. The highest BCUT2D eigenvalue weighted by Crippen LogP contribution is 2.27. The van der Waals surface area contributed by atoms with Crippen LogP contribution in [0.1, 0.15) is 48.0 Å². The molecule has 0 radical (unpaired) electrons. The van der Waals surface area contributed by atoms with Crippen LogP contribution in [0.15, 0.2) is 47.6 Å². The molecule has 2 N–H and O–H groups in total. The van der Waals surface area contributed by atoms with Gasteiger partial charge in [0.1, 0.15) is 10.6 Å². The molecule has 8 heteroatoms. The summed E-state index contributed by atoms with van der Waals surface area (Å²) in [6, 6.07) is 7.99. The van der Waals surface area contributed by atoms with Crippen LogP contribution in [0, 0.1) is 0 Å². The lowest BCUT2D eigenvalue weighted by atomic mass is 9.96. The van der Waals surface area contributed by atoms with Gasteiger partial charge in [0.15, 0.2) is 0 Å². The summed E-state index contributed by atoms with van der Waals surface area (Å²) in [6.07, 6.45) is 8.14. The van der Waals surface area contributed by atoms with Crippen LogP contribution in [0.4, 0.5) is 0 Å². The number of sulfonamides is 1. The van der Waals surface area contributed by atoms with Gasteiger partial charge >= 0.3 is 0 Å². The van der Waals surface area contributed by atoms with Gasteiger partial charge in [-0.3, -0.25) is 9.78 Å². The molecule has 7 nitrogen and oxygen atoms in total. The van der Waals surface area contributed by atoms with Gasteiger partial charge in [-0.1, -0.05) is 25.3 Å². The maximum atomic E-state index is 12.9. The van der Waals surface area contributed by atoms with E-state index < -0.39 is 10.0 Å². The van der Waals surface area contributed by atoms with Crippen LogP contribution in [0.3, 0.4) is 0 Å². The molecule has 3 rings (SSSR count). The zero-order valence-corrected chi connectivity index (χ0v) is 16.7. The first-order valence-corrected chi connectivity index (χ1v) is 10.9. The molecule has 28 heavy (non-hydrogen) atoms. The number of hydrogen-bond acceptors (Lipinski definition) is 5. The zero-order chi connectivity index (χ0) is 20.0. The third-order valence-electron chi connectivity index (χ3n) is 4.82. The van der Waals surface area contributed by atoms with E-state index in [1.54, 1.807) is 24.5 Å². The van der Waals surface area contributed by atoms with Crippen molar-refractivity contribution in [3.63, 3.8) is 0 Å². The van der Waals surface area contributed by atoms with Crippen molar-refractivity contribution in [2.45, 2.75) is 49.6 Å². The summed E-state index contributed by atoms with van der Waals surface area (Å²) in [7, 11) is -2.38. The third kappa shape index (κ3) is 5.08. The van der Waals surface area contributed by atoms with Gasteiger partial charge in [-0.2, -0.15) is 0 Å². The highest BCUT2D eigenvalue weighted by Gasteiger charge is 2.26. The standard InChI is InChI=1S/C20H25N3O4S/c1-27-18-10-9-16(20(24)22-14-15-6-5-11-21-13-15)12-19(18)28(25,26)23-17-7-3-2-4-8-17/h5-6,9-13,17,23H,2-4,7-8,14H2,1H3,(H,22,24). The fraction of sp³-hybridized carbons (Fsp3) is 0.400. The van der Waals surface area contributed by atoms with E-state index in [0.717, 1.165) is 37.7 Å². The molecule has 0 bridgehead atoms. The maximum absolute atomic E-state index is 12.9. The highest BCUT2D eigenvalue weighted by molar-refractivity contribution is 7.89. The number of hydrogen-bond donors (Lipinski definition) is 2. The lowest BCUT2D eigenvalue weighted by Crippen LogP contribution is -2.36. The normalized spacial score (nSPS) is 15.2. The van der Waals surface area contributed by atoms with Crippen molar-refractivity contribution in [3.05, 3.63) is 53.9 Å². The molecule has 0 spiro atoms. The summed E-state index contributed by atoms with van der Waals surface area (Å²) in [5.74, 6) is -0.146. The number of carbonyl (C=O) groups is 1. The van der Waals surface area contributed by atoms with Gasteiger partial charge in [0.2, 0.25) is 10.0 Å². The minimum atomic E-state index is -3.79. The molecule has 1 aliphatic rings. The van der Waals surface area contributed by atoms with Crippen LogP contribution in [0.25, 0.3) is 0 Å². The summed E-state index contributed by atoms with van der Waals surface area (Å²) < 4.78 is 33.8. The number of rotatable bonds is 7. The summed E-state index contributed by atoms with van der Waals surface area (Å²) in [5, 5.41) is 2.78. The number of pyridine rings is 1. The van der Waals surface area contributed by atoms with Crippen molar-refractivity contribution in [2.75, 3.05) is 7.11 Å². The third-order valence-corrected chi connectivity index (χ3v) is 6.36. The van der Waals surface area contributed by atoms with Crippen molar-refractivity contribution in [2.24, 2.45) is 0 Å². The van der Waals surface area contributed by atoms with E-state index in [2.05, 4.69) is 15.0 Å². The van der Waals surface area contributed by atoms with Crippen LogP contribution in [-0.2, 0) is 16.6 Å². The quantitative estimate of drug-likeness (QED) is 0.741. The second kappa shape index (κ2) is 9.16. The molecule has 150 valence electrons. The van der Waals surface area contributed by atoms with E-state index in [0.29, 0.717) is 6.54 Å². The van der Waals surface area contributed by atoms with Gasteiger partial charge in [0.05, 0.1) is 7.11 Å². The van der Waals surface area contributed by atoms with Crippen LogP contribution in [-0.4, -0.2) is 32.5 Å². The molecule has 1 aromatic carbocycles. The SMILES string of the molecule is COc1ccc(C(=O)NCc2cccnc2)cc1S(=O)(=O)NC1CCCCC1. The molecule has 1 amide bonds. The molecule has 1 saturated carbocycles. The Labute approximate surface area is 165 Å². The molecular formula is C20H25N3O4S. The molecule has 0 unspecified atom stereocenters. The molecular weight excluding hydrogens is 378 g/mol. The Balaban J connectivity index is 1.77. The molecule has 1 aliphatic carbocycles. The van der Waals surface area contributed by atoms with E-state index in [9.17, 15) is 13.2 Å². The topological polar surface area (TPSA) is 97.4 Å². The van der Waals surface area contributed by atoms with Crippen molar-refractivity contribution in [3.8, 4) is 5.75 Å². The second-order valence-corrected chi connectivity index (χ2v) is 8.55. The molecule has 2 aromatic rings. The van der Waals surface area contributed by atoms with E-state index in [1.807, 2.05) is 6.07 Å². The lowest BCUT2D eigenvalue weighted by Gasteiger charge is -2.23. The minimum Gasteiger partial charge on any atom is -0.495 e. The van der Waals surface area contributed by atoms with E-state index in [4.69, 9.17) is 4.74 Å². The van der Waals surface area contributed by atoms with Gasteiger partial charge in [0.25, 0.3) is 5.91 Å². The average molecular weight is 404 g/mol. The van der Waals surface area contributed by atoms with Crippen LogP contribution in [0.5, 0.6) is 5.75 Å². The number of nitrogens with zero attached hydrogens (tertiary/aromatic N) is 1. The average Bonchev–Trinajstić information content (AvgIpc) is 2.72. The van der Waals surface area contributed by atoms with Crippen LogP contribution >= 0.6 is 0 Å². The molecule has 0 saturated heterocycles. The van der Waals surface area contributed by atoms with Crippen LogP contribution in [0.2, 0.25) is 0 Å². The summed E-state index contributed by atoms with van der Waals surface area (Å²) >= 11 is 0. The first kappa shape index (κ1) is 20.3. The molecule has 1 heterocycles. The number of amides is 1. The largest absolute Gasteiger partial charge is 0.495 e. The predicted octanol–water partition coefficient (Wildman–Crippen LogP) is 2.63. The van der Waals surface area contributed by atoms with Crippen molar-refractivity contribution < 1.29 is 17.9 Å². The minimum absolute atomic E-state index is 0.0189. The Hall–Kier alpha value is -2.45. The Bertz CT molecular complexity index is 910. The Morgan fingerprint density at radius 2 is 2.00 bits per heavy atom. The number of ether oxygens (including phenoxy) is 1. The Morgan fingerprint density at radius 3 is 2.68 bits per heavy atom. The van der Waals surface area contributed by atoms with Crippen molar-refractivity contribution in [1.82, 2.24) is 15.0 Å². The maximum Gasteiger partial charge on any atom is 0.251 e. The van der Waals surface area contributed by atoms with Crippen molar-refractivity contribution >= 4 is 15.9 Å². The molecule has 1 aromatic heterocycles. The monoisotopic (exact) mass is 403 g/mol. The summed E-state index contributed by atoms with van der Waals surface area (Å²) in [6.45, 7) is 0.307. The number of nitrogens with one attached hydrogen (secondary N) is 2. The fourth-order valence-electron chi connectivity index (χ4n) is 3.32. The van der Waals surface area contributed by atoms with E-state index in [-0.39, 0.29) is 28.2 Å². The smallest absolute Gasteiger partial charge is 0.251 e. The lowest BCUT2D eigenvalue weighted by molar-refractivity contribution is 0.0950. The van der Waals surface area contributed by atoms with Gasteiger partial charge in [-0.05, 0) is 42.7 Å². The van der Waals surface area contributed by atoms with Crippen LogP contribution < -0.4 is 14.8 Å². The van der Waals surface area contributed by atoms with Gasteiger partial charge in [0, 0.05) is 30.5 Å². The first-order valence-electron chi connectivity index (χ1n) is 9.37. The summed E-state index contributed by atoms with van der Waals surface area (Å²) in [5.41, 5.74) is 1.12. The number of benzene rings is 1. The first-order chi connectivity index (χ1) is 13.5. The van der Waals surface area contributed by atoms with E-state index in [1.165, 1.54) is 19.2 Å². The Morgan fingerprint density at radius 1 is 1.21 bits per heavy atom. The highest BCUT2D eigenvalue weighted by atomic mass is 32.2. The zero-order valence-electron chi connectivity index (χ0n) is 15.8. The van der Waals surface area contributed by atoms with E-state index >= 15 is 0 Å². The predicted molar refractivity (Wildman–Crippen MR) is 106 cm³/mol. The molecule has 0 aliphatic heterocycles. The van der Waals surface area contributed by atoms with Gasteiger partial charge in [-0.15, -0.1) is 0 Å². The molecule has 1 fully saturated rings. The second-order valence-electron chi connectivity index (χ2n) is 6.87. The van der Waals surface area contributed by atoms with Crippen molar-refractivity contribution in [1.29, 1.82) is 0 Å². The number of methoxy groups -OCH3 is 1. The van der Waals surface area contributed by atoms with Gasteiger partial charge in [-0.25, -0.2) is 13.1 Å². The molecule has 0 atom stereocenters. The number of carbonyl (C=O) groups excluding carboxylic acids is 1. The summed E-state index contributed by atoms with van der Waals surface area (Å²) in [4.78, 5) is 16.5. The van der Waals surface area contributed by atoms with Gasteiger partial charge < -0.3 is 10.1 Å². The fourth-order valence-corrected chi connectivity index (χ4v) is 4.82. The number of aromatic nitrogens is 1.